The van der Waals surface area contributed by atoms with Gasteiger partial charge in [0.05, 0.1) is 30.3 Å². The van der Waals surface area contributed by atoms with E-state index in [1.165, 1.54) is 23.1 Å². The van der Waals surface area contributed by atoms with Gasteiger partial charge in [0.25, 0.3) is 0 Å². The maximum atomic E-state index is 12.7. The fourth-order valence-electron chi connectivity index (χ4n) is 2.73. The number of imidazole rings is 1. The maximum Gasteiger partial charge on any atom is 0.449 e. The zero-order valence-corrected chi connectivity index (χ0v) is 13.5. The highest BCUT2D eigenvalue weighted by Gasteiger charge is 2.35. The minimum absolute atomic E-state index is 0.00601. The number of amides is 2. The van der Waals surface area contributed by atoms with Crippen molar-refractivity contribution in [2.45, 2.75) is 19.1 Å². The average Bonchev–Trinajstić information content (AvgIpc) is 3.04. The molecule has 10 heteroatoms. The van der Waals surface area contributed by atoms with E-state index in [-0.39, 0.29) is 35.4 Å². The van der Waals surface area contributed by atoms with Crippen molar-refractivity contribution in [3.63, 3.8) is 0 Å². The highest BCUT2D eigenvalue weighted by atomic mass is 19.4. The number of aromatic amines is 1. The van der Waals surface area contributed by atoms with Crippen LogP contribution in [0.1, 0.15) is 12.7 Å². The van der Waals surface area contributed by atoms with Crippen molar-refractivity contribution < 1.29 is 22.8 Å². The van der Waals surface area contributed by atoms with Gasteiger partial charge in [-0.3, -0.25) is 14.5 Å². The van der Waals surface area contributed by atoms with Crippen LogP contribution in [0, 0.1) is 0 Å². The molecule has 2 aromatic rings. The Morgan fingerprint density at radius 1 is 1.44 bits per heavy atom. The first kappa shape index (κ1) is 17.2. The van der Waals surface area contributed by atoms with Gasteiger partial charge in [-0.2, -0.15) is 13.2 Å². The zero-order chi connectivity index (χ0) is 18.4. The molecule has 3 rings (SSSR count). The van der Waals surface area contributed by atoms with E-state index in [2.05, 4.69) is 15.3 Å². The number of carbonyl (C=O) groups excluding carboxylic acids is 2. The minimum Gasteiger partial charge on any atom is -0.334 e. The zero-order valence-electron chi connectivity index (χ0n) is 13.5. The Hall–Kier alpha value is -2.62. The summed E-state index contributed by atoms with van der Waals surface area (Å²) in [4.78, 5) is 32.8. The largest absolute Gasteiger partial charge is 0.449 e. The second kappa shape index (κ2) is 6.03. The number of nitrogens with zero attached hydrogens (tertiary/aromatic N) is 3. The third-order valence-corrected chi connectivity index (χ3v) is 4.06. The van der Waals surface area contributed by atoms with Crippen molar-refractivity contribution in [3.8, 4) is 0 Å². The number of anilines is 1. The van der Waals surface area contributed by atoms with Gasteiger partial charge in [0.1, 0.15) is 0 Å². The van der Waals surface area contributed by atoms with Gasteiger partial charge in [0.2, 0.25) is 17.6 Å². The smallest absolute Gasteiger partial charge is 0.334 e. The van der Waals surface area contributed by atoms with Gasteiger partial charge in [0.15, 0.2) is 0 Å². The summed E-state index contributed by atoms with van der Waals surface area (Å²) >= 11 is 0. The lowest BCUT2D eigenvalue weighted by Crippen LogP contribution is -2.37. The summed E-state index contributed by atoms with van der Waals surface area (Å²) in [6, 6.07) is 3.87. The van der Waals surface area contributed by atoms with E-state index in [4.69, 9.17) is 0 Å². The standard InChI is InChI=1S/C15H16F3N5O2/c1-8-13(25)22(2)7-23(8)6-12(24)19-9-3-4-10-11(5-9)21-14(20-10)15(16,17)18/h3-5,8H,6-7H2,1-2H3,(H,19,24)(H,20,21). The number of H-pyrrole nitrogens is 1. The number of rotatable bonds is 3. The van der Waals surface area contributed by atoms with E-state index in [0.717, 1.165) is 0 Å². The van der Waals surface area contributed by atoms with Gasteiger partial charge in [-0.25, -0.2) is 4.98 Å². The first-order valence-corrected chi connectivity index (χ1v) is 7.51. The number of hydrogen-bond acceptors (Lipinski definition) is 4. The van der Waals surface area contributed by atoms with Crippen LogP contribution < -0.4 is 5.32 Å². The van der Waals surface area contributed by atoms with Crippen molar-refractivity contribution in [2.75, 3.05) is 25.6 Å². The molecule has 0 bridgehead atoms. The van der Waals surface area contributed by atoms with E-state index >= 15 is 0 Å². The number of alkyl halides is 3. The quantitative estimate of drug-likeness (QED) is 0.877. The summed E-state index contributed by atoms with van der Waals surface area (Å²) in [6.45, 7) is 2.07. The third kappa shape index (κ3) is 3.43. The van der Waals surface area contributed by atoms with E-state index in [9.17, 15) is 22.8 Å². The van der Waals surface area contributed by atoms with Crippen molar-refractivity contribution in [1.82, 2.24) is 19.8 Å². The first-order chi connectivity index (χ1) is 11.6. The van der Waals surface area contributed by atoms with E-state index in [1.54, 1.807) is 18.9 Å². The van der Waals surface area contributed by atoms with Gasteiger partial charge in [-0.05, 0) is 25.1 Å². The summed E-state index contributed by atoms with van der Waals surface area (Å²) in [5.41, 5.74) is 0.682. The molecule has 0 saturated carbocycles. The lowest BCUT2D eigenvalue weighted by Gasteiger charge is -2.17. The molecule has 1 aromatic carbocycles. The Bertz CT molecular complexity index is 832. The fraction of sp³-hybridized carbons (Fsp3) is 0.400. The van der Waals surface area contributed by atoms with Crippen molar-refractivity contribution >= 4 is 28.5 Å². The van der Waals surface area contributed by atoms with Crippen molar-refractivity contribution in [1.29, 1.82) is 0 Å². The van der Waals surface area contributed by atoms with Crippen molar-refractivity contribution in [3.05, 3.63) is 24.0 Å². The number of carbonyl (C=O) groups is 2. The van der Waals surface area contributed by atoms with Gasteiger partial charge < -0.3 is 15.2 Å². The predicted octanol–water partition coefficient (Wildman–Crippen LogP) is 1.64. The molecule has 2 N–H and O–H groups in total. The molecule has 1 aliphatic rings. The van der Waals surface area contributed by atoms with E-state index in [0.29, 0.717) is 12.4 Å². The van der Waals surface area contributed by atoms with Crippen LogP contribution >= 0.6 is 0 Å². The second-order valence-electron chi connectivity index (χ2n) is 5.96. The highest BCUT2D eigenvalue weighted by molar-refractivity contribution is 5.95. The number of aromatic nitrogens is 2. The molecule has 1 saturated heterocycles. The van der Waals surface area contributed by atoms with Gasteiger partial charge in [-0.1, -0.05) is 0 Å². The van der Waals surface area contributed by atoms with Crippen LogP contribution in [0.5, 0.6) is 0 Å². The first-order valence-electron chi connectivity index (χ1n) is 7.51. The average molecular weight is 355 g/mol. The van der Waals surface area contributed by atoms with Crippen LogP contribution in [0.15, 0.2) is 18.2 Å². The molecule has 2 heterocycles. The monoisotopic (exact) mass is 355 g/mol. The summed E-state index contributed by atoms with van der Waals surface area (Å²) in [6.07, 6.45) is -4.56. The summed E-state index contributed by atoms with van der Waals surface area (Å²) < 4.78 is 38.0. The molecule has 1 aromatic heterocycles. The number of nitrogens with one attached hydrogen (secondary N) is 2. The topological polar surface area (TPSA) is 81.3 Å². The molecule has 0 spiro atoms. The van der Waals surface area contributed by atoms with E-state index in [1.807, 2.05) is 0 Å². The molecule has 0 radical (unpaired) electrons. The molecular weight excluding hydrogens is 339 g/mol. The van der Waals surface area contributed by atoms with Gasteiger partial charge >= 0.3 is 6.18 Å². The van der Waals surface area contributed by atoms with Crippen molar-refractivity contribution in [2.24, 2.45) is 0 Å². The molecule has 25 heavy (non-hydrogen) atoms. The molecular formula is C15H16F3N5O2. The predicted molar refractivity (Wildman–Crippen MR) is 83.5 cm³/mol. The van der Waals surface area contributed by atoms with Gasteiger partial charge in [-0.15, -0.1) is 0 Å². The number of benzene rings is 1. The molecule has 7 nitrogen and oxygen atoms in total. The third-order valence-electron chi connectivity index (χ3n) is 4.06. The minimum atomic E-state index is -4.56. The molecule has 1 aliphatic heterocycles. The summed E-state index contributed by atoms with van der Waals surface area (Å²) in [5, 5.41) is 2.62. The number of fused-ring (bicyclic) bond motifs is 1. The van der Waals surface area contributed by atoms with Crippen LogP contribution in [0.25, 0.3) is 11.0 Å². The Balaban J connectivity index is 1.70. The second-order valence-corrected chi connectivity index (χ2v) is 5.96. The number of hydrogen-bond donors (Lipinski definition) is 2. The van der Waals surface area contributed by atoms with E-state index < -0.39 is 12.0 Å². The molecule has 0 aliphatic carbocycles. The van der Waals surface area contributed by atoms with Gasteiger partial charge in [0, 0.05) is 12.7 Å². The normalized spacial score (nSPS) is 19.0. The molecule has 1 atom stereocenters. The molecule has 1 fully saturated rings. The maximum absolute atomic E-state index is 12.7. The summed E-state index contributed by atoms with van der Waals surface area (Å²) in [7, 11) is 1.65. The molecule has 134 valence electrons. The Morgan fingerprint density at radius 2 is 2.16 bits per heavy atom. The Kier molecular flexibility index (Phi) is 4.15. The lowest BCUT2D eigenvalue weighted by atomic mass is 10.2. The fourth-order valence-corrected chi connectivity index (χ4v) is 2.73. The Labute approximate surface area is 140 Å². The molecule has 2 amide bonds. The van der Waals surface area contributed by atoms with Crippen LogP contribution in [-0.4, -0.2) is 57.9 Å². The lowest BCUT2D eigenvalue weighted by molar-refractivity contribution is -0.144. The summed E-state index contributed by atoms with van der Waals surface area (Å²) in [5.74, 6) is -1.50. The van der Waals surface area contributed by atoms with Crippen LogP contribution in [0.2, 0.25) is 0 Å². The SMILES string of the molecule is CC1C(=O)N(C)CN1CC(=O)Nc1ccc2nc(C(F)(F)F)[nH]c2c1. The number of halogens is 3. The Morgan fingerprint density at radius 3 is 2.76 bits per heavy atom. The van der Waals surface area contributed by atoms with Crippen LogP contribution in [-0.2, 0) is 15.8 Å². The highest BCUT2D eigenvalue weighted by Crippen LogP contribution is 2.29. The van der Waals surface area contributed by atoms with Crippen LogP contribution in [0.4, 0.5) is 18.9 Å². The van der Waals surface area contributed by atoms with Crippen LogP contribution in [0.3, 0.4) is 0 Å². The number of likely N-dealkylation sites (N-methyl/N-ethyl adjacent to an activating group) is 1. The molecule has 1 unspecified atom stereocenters.